The van der Waals surface area contributed by atoms with Crippen LogP contribution >= 0.6 is 0 Å². The average molecular weight is 265 g/mol. The van der Waals surface area contributed by atoms with Crippen LogP contribution in [0.15, 0.2) is 6.33 Å². The van der Waals surface area contributed by atoms with Crippen molar-refractivity contribution in [2.75, 3.05) is 26.2 Å². The summed E-state index contributed by atoms with van der Waals surface area (Å²) in [7, 11) is 1.85. The highest BCUT2D eigenvalue weighted by Crippen LogP contribution is 2.09. The Balaban J connectivity index is 1.63. The molecule has 1 amide bonds. The Morgan fingerprint density at radius 1 is 1.32 bits per heavy atom. The molecule has 1 saturated heterocycles. The summed E-state index contributed by atoms with van der Waals surface area (Å²) in [5.74, 6) is 1.04. The van der Waals surface area contributed by atoms with Gasteiger partial charge in [-0.1, -0.05) is 12.8 Å². The zero-order valence-corrected chi connectivity index (χ0v) is 11.6. The smallest absolute Gasteiger partial charge is 0.236 e. The highest BCUT2D eigenvalue weighted by molar-refractivity contribution is 5.78. The second-order valence-electron chi connectivity index (χ2n) is 5.06. The van der Waals surface area contributed by atoms with E-state index in [9.17, 15) is 4.79 Å². The molecule has 6 nitrogen and oxygen atoms in total. The SMILES string of the molecule is Cn1cnc(CCNCC(=O)N2CCCCCC2)n1. The monoisotopic (exact) mass is 265 g/mol. The van der Waals surface area contributed by atoms with E-state index in [2.05, 4.69) is 15.4 Å². The second-order valence-corrected chi connectivity index (χ2v) is 5.06. The molecule has 0 saturated carbocycles. The van der Waals surface area contributed by atoms with Gasteiger partial charge in [0.25, 0.3) is 0 Å². The molecular formula is C13H23N5O. The first kappa shape index (κ1) is 14.0. The lowest BCUT2D eigenvalue weighted by atomic mass is 10.2. The molecule has 0 bridgehead atoms. The number of carbonyl (C=O) groups excluding carboxylic acids is 1. The van der Waals surface area contributed by atoms with Gasteiger partial charge >= 0.3 is 0 Å². The fourth-order valence-corrected chi connectivity index (χ4v) is 2.33. The summed E-state index contributed by atoms with van der Waals surface area (Å²) in [6.45, 7) is 3.00. The van der Waals surface area contributed by atoms with Gasteiger partial charge < -0.3 is 10.2 Å². The van der Waals surface area contributed by atoms with Crippen LogP contribution in [0.1, 0.15) is 31.5 Å². The molecule has 0 unspecified atom stereocenters. The van der Waals surface area contributed by atoms with Crippen LogP contribution < -0.4 is 5.32 Å². The van der Waals surface area contributed by atoms with Crippen LogP contribution in [-0.2, 0) is 18.3 Å². The zero-order chi connectivity index (χ0) is 13.5. The van der Waals surface area contributed by atoms with Gasteiger partial charge in [0.05, 0.1) is 6.54 Å². The summed E-state index contributed by atoms with van der Waals surface area (Å²) >= 11 is 0. The Kier molecular flexibility index (Phi) is 5.32. The number of nitrogens with zero attached hydrogens (tertiary/aromatic N) is 4. The quantitative estimate of drug-likeness (QED) is 0.780. The third-order valence-corrected chi connectivity index (χ3v) is 3.41. The first-order chi connectivity index (χ1) is 9.25. The second kappa shape index (κ2) is 7.23. The Labute approximate surface area is 114 Å². The Morgan fingerprint density at radius 2 is 2.05 bits per heavy atom. The van der Waals surface area contributed by atoms with E-state index >= 15 is 0 Å². The molecule has 6 heteroatoms. The maximum Gasteiger partial charge on any atom is 0.236 e. The first-order valence-corrected chi connectivity index (χ1v) is 7.09. The van der Waals surface area contributed by atoms with Crippen molar-refractivity contribution in [2.45, 2.75) is 32.1 Å². The number of aromatic nitrogens is 3. The molecule has 19 heavy (non-hydrogen) atoms. The summed E-state index contributed by atoms with van der Waals surface area (Å²) in [5, 5.41) is 7.38. The predicted octanol–water partition coefficient (Wildman–Crippen LogP) is 0.350. The maximum absolute atomic E-state index is 12.0. The molecule has 0 atom stereocenters. The minimum absolute atomic E-state index is 0.218. The lowest BCUT2D eigenvalue weighted by Crippen LogP contribution is -2.39. The molecule has 106 valence electrons. The lowest BCUT2D eigenvalue weighted by molar-refractivity contribution is -0.130. The number of likely N-dealkylation sites (tertiary alicyclic amines) is 1. The van der Waals surface area contributed by atoms with E-state index in [1.807, 2.05) is 11.9 Å². The number of hydrogen-bond acceptors (Lipinski definition) is 4. The topological polar surface area (TPSA) is 63.1 Å². The molecule has 1 aliphatic rings. The van der Waals surface area contributed by atoms with Crippen LogP contribution in [0.2, 0.25) is 0 Å². The number of hydrogen-bond donors (Lipinski definition) is 1. The Bertz CT molecular complexity index is 395. The van der Waals surface area contributed by atoms with E-state index in [1.165, 1.54) is 12.8 Å². The summed E-state index contributed by atoms with van der Waals surface area (Å²) in [6.07, 6.45) is 7.24. The molecule has 1 fully saturated rings. The fraction of sp³-hybridized carbons (Fsp3) is 0.769. The van der Waals surface area contributed by atoms with E-state index in [4.69, 9.17) is 0 Å². The van der Waals surface area contributed by atoms with Gasteiger partial charge in [-0.3, -0.25) is 9.48 Å². The van der Waals surface area contributed by atoms with Gasteiger partial charge in [-0.2, -0.15) is 5.10 Å². The van der Waals surface area contributed by atoms with Crippen molar-refractivity contribution in [3.8, 4) is 0 Å². The van der Waals surface area contributed by atoms with Gasteiger partial charge in [-0.25, -0.2) is 4.98 Å². The van der Waals surface area contributed by atoms with Crippen LogP contribution in [0.3, 0.4) is 0 Å². The standard InChI is InChI=1S/C13H23N5O/c1-17-11-15-12(16-17)6-7-14-10-13(19)18-8-4-2-3-5-9-18/h11,14H,2-10H2,1H3. The van der Waals surface area contributed by atoms with Crippen molar-refractivity contribution in [3.05, 3.63) is 12.2 Å². The fourth-order valence-electron chi connectivity index (χ4n) is 2.33. The molecule has 2 rings (SSSR count). The minimum Gasteiger partial charge on any atom is -0.342 e. The summed E-state index contributed by atoms with van der Waals surface area (Å²) < 4.78 is 1.69. The van der Waals surface area contributed by atoms with E-state index in [1.54, 1.807) is 11.0 Å². The molecule has 1 aromatic heterocycles. The molecule has 0 spiro atoms. The molecule has 2 heterocycles. The van der Waals surface area contributed by atoms with Crippen LogP contribution in [0.25, 0.3) is 0 Å². The van der Waals surface area contributed by atoms with Gasteiger partial charge in [-0.05, 0) is 12.8 Å². The lowest BCUT2D eigenvalue weighted by Gasteiger charge is -2.20. The third kappa shape index (κ3) is 4.63. The summed E-state index contributed by atoms with van der Waals surface area (Å²) in [6, 6.07) is 0. The van der Waals surface area contributed by atoms with E-state index < -0.39 is 0 Å². The molecule has 1 aromatic rings. The normalized spacial score (nSPS) is 16.4. The predicted molar refractivity (Wildman–Crippen MR) is 72.6 cm³/mol. The highest BCUT2D eigenvalue weighted by Gasteiger charge is 2.14. The molecule has 0 aromatic carbocycles. The Hall–Kier alpha value is -1.43. The van der Waals surface area contributed by atoms with Crippen molar-refractivity contribution < 1.29 is 4.79 Å². The number of nitrogens with one attached hydrogen (secondary N) is 1. The van der Waals surface area contributed by atoms with Crippen LogP contribution in [0.4, 0.5) is 0 Å². The van der Waals surface area contributed by atoms with Gasteiger partial charge in [0.15, 0.2) is 5.82 Å². The number of aryl methyl sites for hydroxylation is 1. The summed E-state index contributed by atoms with van der Waals surface area (Å²) in [4.78, 5) is 18.1. The average Bonchev–Trinajstić information content (AvgIpc) is 2.67. The van der Waals surface area contributed by atoms with Gasteiger partial charge in [0.2, 0.25) is 5.91 Å². The van der Waals surface area contributed by atoms with Crippen molar-refractivity contribution >= 4 is 5.91 Å². The largest absolute Gasteiger partial charge is 0.342 e. The number of rotatable bonds is 5. The zero-order valence-electron chi connectivity index (χ0n) is 11.6. The third-order valence-electron chi connectivity index (χ3n) is 3.41. The van der Waals surface area contributed by atoms with Gasteiger partial charge in [0, 0.05) is 33.1 Å². The van der Waals surface area contributed by atoms with Crippen molar-refractivity contribution in [1.29, 1.82) is 0 Å². The molecular weight excluding hydrogens is 242 g/mol. The van der Waals surface area contributed by atoms with Gasteiger partial charge in [-0.15, -0.1) is 0 Å². The molecule has 1 N–H and O–H groups in total. The number of amides is 1. The van der Waals surface area contributed by atoms with E-state index in [-0.39, 0.29) is 5.91 Å². The highest BCUT2D eigenvalue weighted by atomic mass is 16.2. The first-order valence-electron chi connectivity index (χ1n) is 7.09. The molecule has 0 aliphatic carbocycles. The maximum atomic E-state index is 12.0. The van der Waals surface area contributed by atoms with Gasteiger partial charge in [0.1, 0.15) is 6.33 Å². The number of carbonyl (C=O) groups is 1. The van der Waals surface area contributed by atoms with Crippen molar-refractivity contribution in [1.82, 2.24) is 25.0 Å². The van der Waals surface area contributed by atoms with E-state index in [0.717, 1.165) is 44.7 Å². The molecule has 1 aliphatic heterocycles. The van der Waals surface area contributed by atoms with Crippen LogP contribution in [0.5, 0.6) is 0 Å². The molecule has 0 radical (unpaired) electrons. The van der Waals surface area contributed by atoms with Crippen molar-refractivity contribution in [3.63, 3.8) is 0 Å². The minimum atomic E-state index is 0.218. The van der Waals surface area contributed by atoms with Crippen molar-refractivity contribution in [2.24, 2.45) is 7.05 Å². The Morgan fingerprint density at radius 3 is 2.68 bits per heavy atom. The van der Waals surface area contributed by atoms with E-state index in [0.29, 0.717) is 6.54 Å². The van der Waals surface area contributed by atoms with Crippen LogP contribution in [0, 0.1) is 0 Å². The summed E-state index contributed by atoms with van der Waals surface area (Å²) in [5.41, 5.74) is 0. The van der Waals surface area contributed by atoms with Crippen LogP contribution in [-0.4, -0.2) is 51.8 Å².